The molecule has 1 N–H and O–H groups in total. The molecule has 1 aliphatic carbocycles. The average Bonchev–Trinajstić information content (AvgIpc) is 2.83. The molecule has 2 aromatic carbocycles. The van der Waals surface area contributed by atoms with Crippen molar-refractivity contribution in [2.24, 2.45) is 0 Å². The second kappa shape index (κ2) is 2.76. The highest BCUT2D eigenvalue weighted by atomic mass is 14.7. The van der Waals surface area contributed by atoms with Crippen LogP contribution in [0.2, 0.25) is 0 Å². The van der Waals surface area contributed by atoms with Gasteiger partial charge in [0, 0.05) is 28.6 Å². The maximum Gasteiger partial charge on any atom is 0.0462 e. The molecule has 0 saturated heterocycles. The van der Waals surface area contributed by atoms with Gasteiger partial charge in [-0.05, 0) is 17.2 Å². The molecule has 0 aliphatic heterocycles. The lowest BCUT2D eigenvalue weighted by molar-refractivity contribution is 1.35. The van der Waals surface area contributed by atoms with Gasteiger partial charge in [-0.25, -0.2) is 0 Å². The SMILES string of the molecule is [CH]1c2ccccc2-c2c1[nH]c1ccccc21. The number of benzene rings is 2. The Balaban J connectivity index is 2.15. The summed E-state index contributed by atoms with van der Waals surface area (Å²) in [6.07, 6.45) is 2.23. The molecule has 1 heterocycles. The third-order valence-electron chi connectivity index (χ3n) is 3.27. The summed E-state index contributed by atoms with van der Waals surface area (Å²) < 4.78 is 0. The van der Waals surface area contributed by atoms with Crippen LogP contribution in [-0.4, -0.2) is 4.98 Å². The van der Waals surface area contributed by atoms with Crippen molar-refractivity contribution in [3.05, 3.63) is 66.2 Å². The second-order valence-electron chi connectivity index (χ2n) is 4.19. The Morgan fingerprint density at radius 1 is 0.812 bits per heavy atom. The minimum atomic E-state index is 1.22. The number of nitrogens with one attached hydrogen (secondary N) is 1. The first-order chi connectivity index (χ1) is 7.93. The van der Waals surface area contributed by atoms with E-state index in [0.29, 0.717) is 0 Å². The molecule has 1 heteroatoms. The number of fused-ring (bicyclic) bond motifs is 5. The monoisotopic (exact) mass is 204 g/mol. The average molecular weight is 204 g/mol. The summed E-state index contributed by atoms with van der Waals surface area (Å²) in [5, 5.41) is 1.32. The molecule has 16 heavy (non-hydrogen) atoms. The number of H-pyrrole nitrogens is 1. The molecule has 0 saturated carbocycles. The van der Waals surface area contributed by atoms with Gasteiger partial charge in [-0.3, -0.25) is 0 Å². The number of hydrogen-bond acceptors (Lipinski definition) is 0. The van der Waals surface area contributed by atoms with Gasteiger partial charge >= 0.3 is 0 Å². The molecular weight excluding hydrogens is 194 g/mol. The van der Waals surface area contributed by atoms with Crippen LogP contribution in [-0.2, 0) is 0 Å². The molecule has 75 valence electrons. The van der Waals surface area contributed by atoms with Gasteiger partial charge < -0.3 is 4.98 Å². The van der Waals surface area contributed by atoms with Gasteiger partial charge in [-0.15, -0.1) is 0 Å². The van der Waals surface area contributed by atoms with Gasteiger partial charge in [-0.1, -0.05) is 42.5 Å². The second-order valence-corrected chi connectivity index (χ2v) is 4.19. The zero-order valence-corrected chi connectivity index (χ0v) is 8.70. The Hall–Kier alpha value is -2.02. The van der Waals surface area contributed by atoms with Gasteiger partial charge in [0.15, 0.2) is 0 Å². The van der Waals surface area contributed by atoms with Crippen LogP contribution in [0, 0.1) is 6.42 Å². The normalized spacial score (nSPS) is 12.8. The van der Waals surface area contributed by atoms with Crippen molar-refractivity contribution in [2.45, 2.75) is 0 Å². The van der Waals surface area contributed by atoms with E-state index in [0.717, 1.165) is 0 Å². The fourth-order valence-electron chi connectivity index (χ4n) is 2.57. The number of para-hydroxylation sites is 1. The van der Waals surface area contributed by atoms with Crippen LogP contribution in [0.15, 0.2) is 48.5 Å². The van der Waals surface area contributed by atoms with Crippen LogP contribution in [0.1, 0.15) is 11.3 Å². The summed E-state index contributed by atoms with van der Waals surface area (Å²) in [7, 11) is 0. The molecule has 4 rings (SSSR count). The molecule has 1 nitrogen and oxygen atoms in total. The molecule has 1 radical (unpaired) electrons. The fraction of sp³-hybridized carbons (Fsp3) is 0. The van der Waals surface area contributed by atoms with E-state index in [2.05, 4.69) is 59.9 Å². The number of rotatable bonds is 0. The molecule has 1 aliphatic rings. The summed E-state index contributed by atoms with van der Waals surface area (Å²) in [4.78, 5) is 3.47. The van der Waals surface area contributed by atoms with Crippen molar-refractivity contribution in [2.75, 3.05) is 0 Å². The third-order valence-corrected chi connectivity index (χ3v) is 3.27. The Labute approximate surface area is 93.7 Å². The minimum absolute atomic E-state index is 1.22. The first kappa shape index (κ1) is 8.17. The largest absolute Gasteiger partial charge is 0.357 e. The summed E-state index contributed by atoms with van der Waals surface area (Å²) in [6, 6.07) is 17.0. The fourth-order valence-corrected chi connectivity index (χ4v) is 2.57. The molecule has 0 fully saturated rings. The first-order valence-corrected chi connectivity index (χ1v) is 5.48. The smallest absolute Gasteiger partial charge is 0.0462 e. The van der Waals surface area contributed by atoms with Crippen LogP contribution in [0.3, 0.4) is 0 Å². The minimum Gasteiger partial charge on any atom is -0.357 e. The van der Waals surface area contributed by atoms with Gasteiger partial charge in [0.25, 0.3) is 0 Å². The lowest BCUT2D eigenvalue weighted by atomic mass is 10.0. The molecule has 0 atom stereocenters. The van der Waals surface area contributed by atoms with Crippen LogP contribution in [0.4, 0.5) is 0 Å². The van der Waals surface area contributed by atoms with E-state index in [1.807, 2.05) is 0 Å². The number of hydrogen-bond donors (Lipinski definition) is 1. The van der Waals surface area contributed by atoms with Crippen molar-refractivity contribution in [3.63, 3.8) is 0 Å². The Morgan fingerprint density at radius 2 is 1.62 bits per heavy atom. The number of aromatic nitrogens is 1. The van der Waals surface area contributed by atoms with Crippen LogP contribution >= 0.6 is 0 Å². The van der Waals surface area contributed by atoms with E-state index in [4.69, 9.17) is 0 Å². The molecule has 0 amide bonds. The molecule has 0 unspecified atom stereocenters. The molecule has 3 aromatic rings. The van der Waals surface area contributed by atoms with Crippen molar-refractivity contribution in [1.82, 2.24) is 4.98 Å². The summed E-state index contributed by atoms with van der Waals surface area (Å²) in [6.45, 7) is 0. The molecular formula is C15H10N. The number of aromatic amines is 1. The Kier molecular flexibility index (Phi) is 1.41. The van der Waals surface area contributed by atoms with Crippen LogP contribution < -0.4 is 0 Å². The lowest BCUT2D eigenvalue weighted by Crippen LogP contribution is -1.78. The van der Waals surface area contributed by atoms with Gasteiger partial charge in [0.1, 0.15) is 0 Å². The first-order valence-electron chi connectivity index (χ1n) is 5.48. The maximum atomic E-state index is 3.47. The van der Waals surface area contributed by atoms with Crippen molar-refractivity contribution < 1.29 is 0 Å². The summed E-state index contributed by atoms with van der Waals surface area (Å²) in [5.41, 5.74) is 6.47. The van der Waals surface area contributed by atoms with Crippen molar-refractivity contribution in [1.29, 1.82) is 0 Å². The summed E-state index contributed by atoms with van der Waals surface area (Å²) in [5.74, 6) is 0. The molecule has 1 aromatic heterocycles. The third kappa shape index (κ3) is 0.904. The summed E-state index contributed by atoms with van der Waals surface area (Å²) >= 11 is 0. The van der Waals surface area contributed by atoms with Crippen LogP contribution in [0.5, 0.6) is 0 Å². The van der Waals surface area contributed by atoms with Gasteiger partial charge in [0.05, 0.1) is 0 Å². The van der Waals surface area contributed by atoms with E-state index >= 15 is 0 Å². The lowest BCUT2D eigenvalue weighted by Gasteiger charge is -1.99. The van der Waals surface area contributed by atoms with E-state index in [1.54, 1.807) is 0 Å². The van der Waals surface area contributed by atoms with E-state index in [1.165, 1.54) is 33.3 Å². The van der Waals surface area contributed by atoms with E-state index in [9.17, 15) is 0 Å². The van der Waals surface area contributed by atoms with Gasteiger partial charge in [-0.2, -0.15) is 0 Å². The van der Waals surface area contributed by atoms with E-state index in [-0.39, 0.29) is 0 Å². The molecule has 0 bridgehead atoms. The van der Waals surface area contributed by atoms with E-state index < -0.39 is 0 Å². The predicted molar refractivity (Wildman–Crippen MR) is 66.2 cm³/mol. The van der Waals surface area contributed by atoms with Crippen molar-refractivity contribution >= 4 is 10.9 Å². The zero-order valence-electron chi connectivity index (χ0n) is 8.70. The maximum absolute atomic E-state index is 3.47. The van der Waals surface area contributed by atoms with Gasteiger partial charge in [0.2, 0.25) is 0 Å². The molecule has 0 spiro atoms. The predicted octanol–water partition coefficient (Wildman–Crippen LogP) is 3.75. The topological polar surface area (TPSA) is 15.8 Å². The highest BCUT2D eigenvalue weighted by Gasteiger charge is 2.22. The Bertz CT molecular complexity index is 691. The quantitative estimate of drug-likeness (QED) is 0.449. The highest BCUT2D eigenvalue weighted by Crippen LogP contribution is 2.42. The van der Waals surface area contributed by atoms with Crippen molar-refractivity contribution in [3.8, 4) is 11.1 Å². The Morgan fingerprint density at radius 3 is 2.62 bits per heavy atom. The van der Waals surface area contributed by atoms with Crippen LogP contribution in [0.25, 0.3) is 22.0 Å². The standard InChI is InChI=1S/C15H10N/c1-2-6-11-10(5-1)9-14-15(11)12-7-3-4-8-13(12)16-14/h1-9,16H. The highest BCUT2D eigenvalue weighted by molar-refractivity contribution is 6.02. The zero-order chi connectivity index (χ0) is 10.5.